The van der Waals surface area contributed by atoms with E-state index in [0.717, 1.165) is 18.6 Å². The van der Waals surface area contributed by atoms with Crippen LogP contribution >= 0.6 is 0 Å². The summed E-state index contributed by atoms with van der Waals surface area (Å²) < 4.78 is 5.60. The number of unbranched alkanes of at least 4 members (excludes halogenated alkanes) is 1. The fourth-order valence-corrected chi connectivity index (χ4v) is 2.78. The van der Waals surface area contributed by atoms with E-state index in [1.807, 2.05) is 35.8 Å². The molecule has 1 aromatic rings. The maximum Gasteiger partial charge on any atom is 0.253 e. The number of amides is 2. The van der Waals surface area contributed by atoms with Crippen LogP contribution in [0.3, 0.4) is 0 Å². The van der Waals surface area contributed by atoms with Crippen molar-refractivity contribution in [2.24, 2.45) is 0 Å². The summed E-state index contributed by atoms with van der Waals surface area (Å²) in [6.07, 6.45) is 2.69. The molecule has 2 amide bonds. The van der Waals surface area contributed by atoms with Crippen LogP contribution in [0, 0.1) is 0 Å². The Morgan fingerprint density at radius 2 is 1.62 bits per heavy atom. The van der Waals surface area contributed by atoms with Crippen molar-refractivity contribution >= 4 is 11.8 Å². The van der Waals surface area contributed by atoms with Crippen LogP contribution < -0.4 is 4.74 Å². The number of carbonyl (C=O) groups excluding carboxylic acids is 2. The molecular formula is C19H28N2O3. The lowest BCUT2D eigenvalue weighted by Gasteiger charge is -2.35. The van der Waals surface area contributed by atoms with Gasteiger partial charge >= 0.3 is 0 Å². The van der Waals surface area contributed by atoms with Gasteiger partial charge in [0.25, 0.3) is 5.91 Å². The molecule has 1 fully saturated rings. The Morgan fingerprint density at radius 1 is 1.04 bits per heavy atom. The summed E-state index contributed by atoms with van der Waals surface area (Å²) in [6.45, 7) is 8.48. The summed E-state index contributed by atoms with van der Waals surface area (Å²) in [6, 6.07) is 7.27. The summed E-state index contributed by atoms with van der Waals surface area (Å²) in [5, 5.41) is 0. The lowest BCUT2D eigenvalue weighted by molar-refractivity contribution is -0.132. The number of rotatable bonds is 6. The van der Waals surface area contributed by atoms with Gasteiger partial charge in [0.15, 0.2) is 0 Å². The topological polar surface area (TPSA) is 49.9 Å². The number of piperazine rings is 1. The number of nitrogens with zero attached hydrogens (tertiary/aromatic N) is 2. The summed E-state index contributed by atoms with van der Waals surface area (Å²) in [5.41, 5.74) is 0.664. The molecule has 24 heavy (non-hydrogen) atoms. The second-order valence-electron chi connectivity index (χ2n) is 6.47. The standard InChI is InChI=1S/C19H28N2O3/c1-4-5-6-18(22)20-11-13-21(14-12-20)19(23)16-7-9-17(10-8-16)24-15(2)3/h7-10,15H,4-6,11-14H2,1-3H3. The fourth-order valence-electron chi connectivity index (χ4n) is 2.78. The molecule has 0 aliphatic carbocycles. The van der Waals surface area contributed by atoms with Gasteiger partial charge in [0.05, 0.1) is 6.10 Å². The molecule has 0 saturated carbocycles. The molecule has 0 radical (unpaired) electrons. The van der Waals surface area contributed by atoms with Gasteiger partial charge in [0.2, 0.25) is 5.91 Å². The van der Waals surface area contributed by atoms with E-state index in [9.17, 15) is 9.59 Å². The first-order chi connectivity index (χ1) is 11.5. The van der Waals surface area contributed by atoms with Crippen molar-refractivity contribution in [3.8, 4) is 5.75 Å². The van der Waals surface area contributed by atoms with Gasteiger partial charge in [-0.25, -0.2) is 0 Å². The average molecular weight is 332 g/mol. The highest BCUT2D eigenvalue weighted by Gasteiger charge is 2.24. The van der Waals surface area contributed by atoms with Crippen molar-refractivity contribution in [1.29, 1.82) is 0 Å². The van der Waals surface area contributed by atoms with Crippen molar-refractivity contribution in [2.75, 3.05) is 26.2 Å². The Bertz CT molecular complexity index is 546. The van der Waals surface area contributed by atoms with Gasteiger partial charge < -0.3 is 14.5 Å². The van der Waals surface area contributed by atoms with Crippen molar-refractivity contribution < 1.29 is 14.3 Å². The first-order valence-electron chi connectivity index (χ1n) is 8.85. The van der Waals surface area contributed by atoms with Gasteiger partial charge in [-0.05, 0) is 44.5 Å². The van der Waals surface area contributed by atoms with Gasteiger partial charge in [-0.2, -0.15) is 0 Å². The molecule has 5 heteroatoms. The van der Waals surface area contributed by atoms with Gasteiger partial charge in [0.1, 0.15) is 5.75 Å². The third-order valence-electron chi connectivity index (χ3n) is 4.14. The zero-order valence-corrected chi connectivity index (χ0v) is 15.0. The van der Waals surface area contributed by atoms with E-state index >= 15 is 0 Å². The minimum absolute atomic E-state index is 0.0201. The van der Waals surface area contributed by atoms with Gasteiger partial charge in [0, 0.05) is 38.2 Å². The van der Waals surface area contributed by atoms with Crippen molar-refractivity contribution in [3.05, 3.63) is 29.8 Å². The Morgan fingerprint density at radius 3 is 2.17 bits per heavy atom. The second kappa shape index (κ2) is 8.71. The Hall–Kier alpha value is -2.04. The van der Waals surface area contributed by atoms with Crippen molar-refractivity contribution in [2.45, 2.75) is 46.1 Å². The van der Waals surface area contributed by atoms with Crippen LogP contribution in [0.2, 0.25) is 0 Å². The number of hydrogen-bond donors (Lipinski definition) is 0. The van der Waals surface area contributed by atoms with E-state index < -0.39 is 0 Å². The number of benzene rings is 1. The van der Waals surface area contributed by atoms with Crippen LogP contribution in [0.25, 0.3) is 0 Å². The summed E-state index contributed by atoms with van der Waals surface area (Å²) in [4.78, 5) is 28.3. The first-order valence-corrected chi connectivity index (χ1v) is 8.85. The molecule has 1 aliphatic rings. The SMILES string of the molecule is CCCCC(=O)N1CCN(C(=O)c2ccc(OC(C)C)cc2)CC1. The zero-order chi connectivity index (χ0) is 17.5. The Balaban J connectivity index is 1.87. The molecule has 0 N–H and O–H groups in total. The highest BCUT2D eigenvalue weighted by atomic mass is 16.5. The molecule has 132 valence electrons. The highest BCUT2D eigenvalue weighted by molar-refractivity contribution is 5.94. The molecule has 1 saturated heterocycles. The lowest BCUT2D eigenvalue weighted by atomic mass is 10.1. The quantitative estimate of drug-likeness (QED) is 0.805. The van der Waals surface area contributed by atoms with E-state index in [2.05, 4.69) is 6.92 Å². The van der Waals surface area contributed by atoms with Crippen molar-refractivity contribution in [3.63, 3.8) is 0 Å². The number of carbonyl (C=O) groups is 2. The summed E-state index contributed by atoms with van der Waals surface area (Å²) in [7, 11) is 0. The molecule has 0 atom stereocenters. The van der Waals surface area contributed by atoms with Crippen molar-refractivity contribution in [1.82, 2.24) is 9.80 Å². The third kappa shape index (κ3) is 4.98. The predicted octanol–water partition coefficient (Wildman–Crippen LogP) is 2.95. The minimum Gasteiger partial charge on any atom is -0.491 e. The molecule has 1 aromatic carbocycles. The van der Waals surface area contributed by atoms with Gasteiger partial charge in [-0.3, -0.25) is 9.59 Å². The van der Waals surface area contributed by atoms with E-state index in [0.29, 0.717) is 38.2 Å². The molecule has 2 rings (SSSR count). The second-order valence-corrected chi connectivity index (χ2v) is 6.47. The first kappa shape index (κ1) is 18.3. The normalized spacial score (nSPS) is 14.8. The van der Waals surface area contributed by atoms with Crippen LogP contribution in [-0.2, 0) is 4.79 Å². The molecule has 0 unspecified atom stereocenters. The Labute approximate surface area is 144 Å². The minimum atomic E-state index is 0.0201. The lowest BCUT2D eigenvalue weighted by Crippen LogP contribution is -2.50. The van der Waals surface area contributed by atoms with Gasteiger partial charge in [-0.15, -0.1) is 0 Å². The zero-order valence-electron chi connectivity index (χ0n) is 15.0. The number of ether oxygens (including phenoxy) is 1. The maximum absolute atomic E-state index is 12.6. The van der Waals surface area contributed by atoms with E-state index in [1.54, 1.807) is 12.1 Å². The van der Waals surface area contributed by atoms with Crippen LogP contribution in [0.5, 0.6) is 5.75 Å². The maximum atomic E-state index is 12.6. The monoisotopic (exact) mass is 332 g/mol. The van der Waals surface area contributed by atoms with E-state index in [4.69, 9.17) is 4.74 Å². The third-order valence-corrected chi connectivity index (χ3v) is 4.14. The molecule has 0 bridgehead atoms. The largest absolute Gasteiger partial charge is 0.491 e. The van der Waals surface area contributed by atoms with Crippen LogP contribution in [0.4, 0.5) is 0 Å². The predicted molar refractivity (Wildman–Crippen MR) is 94.2 cm³/mol. The molecule has 1 aliphatic heterocycles. The molecule has 0 spiro atoms. The fraction of sp³-hybridized carbons (Fsp3) is 0.579. The summed E-state index contributed by atoms with van der Waals surface area (Å²) >= 11 is 0. The van der Waals surface area contributed by atoms with E-state index in [-0.39, 0.29) is 17.9 Å². The van der Waals surface area contributed by atoms with Crippen LogP contribution in [0.1, 0.15) is 50.4 Å². The van der Waals surface area contributed by atoms with Gasteiger partial charge in [-0.1, -0.05) is 13.3 Å². The summed E-state index contributed by atoms with van der Waals surface area (Å²) in [5.74, 6) is 0.999. The van der Waals surface area contributed by atoms with E-state index in [1.165, 1.54) is 0 Å². The van der Waals surface area contributed by atoms with Crippen LogP contribution in [0.15, 0.2) is 24.3 Å². The smallest absolute Gasteiger partial charge is 0.253 e. The number of hydrogen-bond acceptors (Lipinski definition) is 3. The Kier molecular flexibility index (Phi) is 6.64. The average Bonchev–Trinajstić information content (AvgIpc) is 2.59. The molecular weight excluding hydrogens is 304 g/mol. The van der Waals surface area contributed by atoms with Crippen LogP contribution in [-0.4, -0.2) is 53.9 Å². The molecule has 1 heterocycles. The molecule has 5 nitrogen and oxygen atoms in total. The molecule has 0 aromatic heterocycles. The highest BCUT2D eigenvalue weighted by Crippen LogP contribution is 2.16.